The highest BCUT2D eigenvalue weighted by Gasteiger charge is 2.20. The van der Waals surface area contributed by atoms with E-state index < -0.39 is 0 Å². The van der Waals surface area contributed by atoms with Gasteiger partial charge in [-0.2, -0.15) is 0 Å². The summed E-state index contributed by atoms with van der Waals surface area (Å²) in [6, 6.07) is 12.4. The Morgan fingerprint density at radius 1 is 1.08 bits per heavy atom. The quantitative estimate of drug-likeness (QED) is 0.728. The molecule has 138 valence electrons. The van der Waals surface area contributed by atoms with Crippen molar-refractivity contribution in [1.82, 2.24) is 10.3 Å². The molecular formula is C22H28N2OS. The molecule has 1 aromatic heterocycles. The number of hydrogen-bond acceptors (Lipinski definition) is 3. The number of pyridine rings is 1. The van der Waals surface area contributed by atoms with Gasteiger partial charge < -0.3 is 5.32 Å². The molecule has 1 aromatic carbocycles. The van der Waals surface area contributed by atoms with Crippen molar-refractivity contribution in [1.29, 1.82) is 0 Å². The molecule has 0 atom stereocenters. The number of rotatable bonds is 5. The van der Waals surface area contributed by atoms with Gasteiger partial charge in [0.15, 0.2) is 0 Å². The van der Waals surface area contributed by atoms with Crippen molar-refractivity contribution in [3.63, 3.8) is 0 Å². The second kappa shape index (κ2) is 8.72. The summed E-state index contributed by atoms with van der Waals surface area (Å²) < 4.78 is 0. The highest BCUT2D eigenvalue weighted by Crippen LogP contribution is 2.28. The summed E-state index contributed by atoms with van der Waals surface area (Å²) in [5.74, 6) is 1.52. The first-order valence-corrected chi connectivity index (χ1v) is 10.5. The Balaban J connectivity index is 1.61. The second-order valence-electron chi connectivity index (χ2n) is 7.45. The van der Waals surface area contributed by atoms with Gasteiger partial charge in [-0.1, -0.05) is 31.2 Å². The fraction of sp³-hybridized carbons (Fsp3) is 0.455. The minimum Gasteiger partial charge on any atom is -0.348 e. The zero-order valence-corrected chi connectivity index (χ0v) is 16.7. The lowest BCUT2D eigenvalue weighted by molar-refractivity contribution is 0.0917. The molecule has 1 saturated carbocycles. The topological polar surface area (TPSA) is 42.0 Å². The van der Waals surface area contributed by atoms with E-state index in [0.717, 1.165) is 30.2 Å². The van der Waals surface area contributed by atoms with Gasteiger partial charge in [0.1, 0.15) is 5.69 Å². The first kappa shape index (κ1) is 19.0. The molecule has 1 heterocycles. The van der Waals surface area contributed by atoms with Crippen LogP contribution in [0.25, 0.3) is 0 Å². The van der Waals surface area contributed by atoms with Crippen LogP contribution in [-0.2, 0) is 5.75 Å². The second-order valence-corrected chi connectivity index (χ2v) is 8.44. The van der Waals surface area contributed by atoms with Gasteiger partial charge in [0, 0.05) is 16.7 Å². The first-order valence-electron chi connectivity index (χ1n) is 9.48. The highest BCUT2D eigenvalue weighted by atomic mass is 32.2. The number of carbonyl (C=O) groups is 1. The van der Waals surface area contributed by atoms with Gasteiger partial charge in [0.2, 0.25) is 0 Å². The number of nitrogens with zero attached hydrogens (tertiary/aromatic N) is 1. The molecule has 1 aliphatic rings. The smallest absolute Gasteiger partial charge is 0.270 e. The predicted octanol–water partition coefficient (Wildman–Crippen LogP) is 5.30. The van der Waals surface area contributed by atoms with Crippen molar-refractivity contribution < 1.29 is 4.79 Å². The molecule has 0 unspecified atom stereocenters. The molecule has 0 spiro atoms. The van der Waals surface area contributed by atoms with Crippen LogP contribution in [0.4, 0.5) is 0 Å². The monoisotopic (exact) mass is 368 g/mol. The maximum atomic E-state index is 12.5. The largest absolute Gasteiger partial charge is 0.348 e. The third-order valence-electron chi connectivity index (χ3n) is 5.16. The van der Waals surface area contributed by atoms with Gasteiger partial charge in [-0.3, -0.25) is 4.79 Å². The molecule has 0 radical (unpaired) electrons. The SMILES string of the molecule is Cc1cccc(C)c1SCc1cccc(C(=O)NC2CCC(C)CC2)n1. The van der Waals surface area contributed by atoms with E-state index in [1.54, 1.807) is 11.8 Å². The normalized spacial score (nSPS) is 20.0. The Morgan fingerprint density at radius 3 is 2.42 bits per heavy atom. The maximum Gasteiger partial charge on any atom is 0.270 e. The molecule has 4 heteroatoms. The molecule has 0 bridgehead atoms. The minimum atomic E-state index is -0.0384. The number of amides is 1. The van der Waals surface area contributed by atoms with Crippen molar-refractivity contribution in [2.24, 2.45) is 5.92 Å². The molecule has 1 aliphatic carbocycles. The average Bonchev–Trinajstić information content (AvgIpc) is 2.63. The number of hydrogen-bond donors (Lipinski definition) is 1. The zero-order valence-electron chi connectivity index (χ0n) is 15.9. The van der Waals surface area contributed by atoms with Gasteiger partial charge >= 0.3 is 0 Å². The van der Waals surface area contributed by atoms with E-state index in [1.807, 2.05) is 18.2 Å². The van der Waals surface area contributed by atoms with Crippen LogP contribution in [-0.4, -0.2) is 16.9 Å². The van der Waals surface area contributed by atoms with Gasteiger partial charge in [0.25, 0.3) is 5.91 Å². The van der Waals surface area contributed by atoms with Crippen LogP contribution in [0.1, 0.15) is 59.9 Å². The zero-order chi connectivity index (χ0) is 18.5. The summed E-state index contributed by atoms with van der Waals surface area (Å²) in [4.78, 5) is 18.4. The van der Waals surface area contributed by atoms with Gasteiger partial charge in [-0.05, 0) is 68.7 Å². The van der Waals surface area contributed by atoms with Crippen LogP contribution in [0, 0.1) is 19.8 Å². The van der Waals surface area contributed by atoms with Crippen LogP contribution in [0.5, 0.6) is 0 Å². The molecule has 3 nitrogen and oxygen atoms in total. The predicted molar refractivity (Wildman–Crippen MR) is 109 cm³/mol. The van der Waals surface area contributed by atoms with E-state index in [2.05, 4.69) is 49.3 Å². The number of aromatic nitrogens is 1. The third-order valence-corrected chi connectivity index (χ3v) is 6.54. The average molecular weight is 369 g/mol. The Kier molecular flexibility index (Phi) is 6.36. The number of nitrogens with one attached hydrogen (secondary N) is 1. The molecule has 26 heavy (non-hydrogen) atoms. The Labute approximate surface area is 161 Å². The van der Waals surface area contributed by atoms with Crippen molar-refractivity contribution in [2.75, 3.05) is 0 Å². The third kappa shape index (κ3) is 4.88. The molecule has 2 aromatic rings. The van der Waals surface area contributed by atoms with Crippen LogP contribution in [0.15, 0.2) is 41.3 Å². The van der Waals surface area contributed by atoms with Gasteiger partial charge in [0.05, 0.1) is 5.69 Å². The summed E-state index contributed by atoms with van der Waals surface area (Å²) in [6.45, 7) is 6.56. The number of carbonyl (C=O) groups excluding carboxylic acids is 1. The van der Waals surface area contributed by atoms with E-state index in [9.17, 15) is 4.79 Å². The van der Waals surface area contributed by atoms with E-state index in [0.29, 0.717) is 11.7 Å². The Morgan fingerprint density at radius 2 is 1.73 bits per heavy atom. The maximum absolute atomic E-state index is 12.5. The lowest BCUT2D eigenvalue weighted by Crippen LogP contribution is -2.37. The van der Waals surface area contributed by atoms with Crippen LogP contribution in [0.2, 0.25) is 0 Å². The minimum absolute atomic E-state index is 0.0384. The molecular weight excluding hydrogens is 340 g/mol. The summed E-state index contributed by atoms with van der Waals surface area (Å²) in [5.41, 5.74) is 4.05. The molecule has 3 rings (SSSR count). The van der Waals surface area contributed by atoms with E-state index >= 15 is 0 Å². The van der Waals surface area contributed by atoms with Crippen LogP contribution in [0.3, 0.4) is 0 Å². The van der Waals surface area contributed by atoms with E-state index in [4.69, 9.17) is 0 Å². The molecule has 1 amide bonds. The fourth-order valence-corrected chi connectivity index (χ4v) is 4.57. The Hall–Kier alpha value is -1.81. The highest BCUT2D eigenvalue weighted by molar-refractivity contribution is 7.98. The summed E-state index contributed by atoms with van der Waals surface area (Å²) in [5, 5.41) is 3.17. The fourth-order valence-electron chi connectivity index (χ4n) is 3.52. The van der Waals surface area contributed by atoms with Crippen molar-refractivity contribution in [3.05, 3.63) is 58.9 Å². The molecule has 1 fully saturated rings. The van der Waals surface area contributed by atoms with Crippen LogP contribution < -0.4 is 5.32 Å². The van der Waals surface area contributed by atoms with Crippen molar-refractivity contribution >= 4 is 17.7 Å². The molecule has 0 aliphatic heterocycles. The van der Waals surface area contributed by atoms with Crippen molar-refractivity contribution in [2.45, 2.75) is 63.1 Å². The number of thioether (sulfide) groups is 1. The summed E-state index contributed by atoms with van der Waals surface area (Å²) in [6.07, 6.45) is 4.56. The lowest BCUT2D eigenvalue weighted by atomic mass is 9.87. The van der Waals surface area contributed by atoms with Gasteiger partial charge in [-0.15, -0.1) is 11.8 Å². The summed E-state index contributed by atoms with van der Waals surface area (Å²) >= 11 is 1.79. The number of benzene rings is 1. The van der Waals surface area contributed by atoms with E-state index in [-0.39, 0.29) is 5.91 Å². The summed E-state index contributed by atoms with van der Waals surface area (Å²) in [7, 11) is 0. The molecule has 0 saturated heterocycles. The standard InChI is InChI=1S/C22H28N2OS/c1-15-10-12-18(13-11-15)24-22(25)20-9-5-8-19(23-20)14-26-21-16(2)6-4-7-17(21)3/h4-9,15,18H,10-14H2,1-3H3,(H,24,25). The van der Waals surface area contributed by atoms with Crippen molar-refractivity contribution in [3.8, 4) is 0 Å². The van der Waals surface area contributed by atoms with E-state index in [1.165, 1.54) is 28.9 Å². The number of aryl methyl sites for hydroxylation is 2. The van der Waals surface area contributed by atoms with Gasteiger partial charge in [-0.25, -0.2) is 4.98 Å². The Bertz CT molecular complexity index is 746. The first-order chi connectivity index (χ1) is 12.5. The lowest BCUT2D eigenvalue weighted by Gasteiger charge is -2.26. The van der Waals surface area contributed by atoms with Crippen LogP contribution >= 0.6 is 11.8 Å². The molecule has 1 N–H and O–H groups in total.